The van der Waals surface area contributed by atoms with Crippen LogP contribution in [0.1, 0.15) is 50.4 Å². The minimum Gasteiger partial charge on any atom is -0.465 e. The molecule has 0 radical (unpaired) electrons. The van der Waals surface area contributed by atoms with E-state index in [1.807, 2.05) is 13.0 Å². The molecule has 0 spiro atoms. The number of hydrogen-bond acceptors (Lipinski definition) is 6. The largest absolute Gasteiger partial charge is 0.465 e. The SMILES string of the molecule is CCCCOC(=O)[C@H](C)N[C@@H](CC(=O)c1ccccc1)C(=O)OCC. The van der Waals surface area contributed by atoms with Crippen molar-refractivity contribution in [1.82, 2.24) is 5.32 Å². The molecule has 0 fully saturated rings. The standard InChI is InChI=1S/C19H27NO5/c1-4-6-12-25-18(22)14(3)20-16(19(23)24-5-2)13-17(21)15-10-8-7-9-11-15/h7-11,14,16,20H,4-6,12-13H2,1-3H3/t14-,16-/m0/s1. The highest BCUT2D eigenvalue weighted by atomic mass is 16.5. The molecule has 0 aliphatic heterocycles. The summed E-state index contributed by atoms with van der Waals surface area (Å²) in [5, 5.41) is 2.86. The van der Waals surface area contributed by atoms with Crippen molar-refractivity contribution >= 4 is 17.7 Å². The van der Waals surface area contributed by atoms with Gasteiger partial charge >= 0.3 is 11.9 Å². The fraction of sp³-hybridized carbons (Fsp3) is 0.526. The maximum atomic E-state index is 12.4. The molecule has 1 aromatic carbocycles. The first-order chi connectivity index (χ1) is 12.0. The van der Waals surface area contributed by atoms with Crippen molar-refractivity contribution in [2.45, 2.75) is 52.1 Å². The molecular weight excluding hydrogens is 322 g/mol. The molecule has 138 valence electrons. The number of unbranched alkanes of at least 4 members (excludes halogenated alkanes) is 1. The van der Waals surface area contributed by atoms with E-state index in [2.05, 4.69) is 5.32 Å². The van der Waals surface area contributed by atoms with E-state index in [-0.39, 0.29) is 18.8 Å². The molecular formula is C19H27NO5. The van der Waals surface area contributed by atoms with Gasteiger partial charge in [0.2, 0.25) is 0 Å². The number of ketones is 1. The number of benzene rings is 1. The normalized spacial score (nSPS) is 12.9. The van der Waals surface area contributed by atoms with Gasteiger partial charge in [-0.25, -0.2) is 0 Å². The minimum atomic E-state index is -0.901. The van der Waals surface area contributed by atoms with Crippen LogP contribution in [0.2, 0.25) is 0 Å². The first kappa shape index (κ1) is 20.8. The smallest absolute Gasteiger partial charge is 0.323 e. The van der Waals surface area contributed by atoms with E-state index in [9.17, 15) is 14.4 Å². The van der Waals surface area contributed by atoms with Gasteiger partial charge in [-0.2, -0.15) is 0 Å². The zero-order valence-electron chi connectivity index (χ0n) is 15.1. The molecule has 2 atom stereocenters. The predicted octanol–water partition coefficient (Wildman–Crippen LogP) is 2.51. The summed E-state index contributed by atoms with van der Waals surface area (Å²) in [5.41, 5.74) is 0.511. The van der Waals surface area contributed by atoms with Crippen molar-refractivity contribution in [2.75, 3.05) is 13.2 Å². The molecule has 0 bridgehead atoms. The summed E-state index contributed by atoms with van der Waals surface area (Å²) in [4.78, 5) is 36.5. The number of nitrogens with one attached hydrogen (secondary N) is 1. The molecule has 1 N–H and O–H groups in total. The molecule has 0 aromatic heterocycles. The van der Waals surface area contributed by atoms with Crippen molar-refractivity contribution in [3.63, 3.8) is 0 Å². The van der Waals surface area contributed by atoms with E-state index in [1.165, 1.54) is 0 Å². The Balaban J connectivity index is 2.71. The van der Waals surface area contributed by atoms with Crippen molar-refractivity contribution in [1.29, 1.82) is 0 Å². The Morgan fingerprint density at radius 3 is 2.32 bits per heavy atom. The number of carbonyl (C=O) groups excluding carboxylic acids is 3. The van der Waals surface area contributed by atoms with Gasteiger partial charge < -0.3 is 9.47 Å². The Morgan fingerprint density at radius 2 is 1.72 bits per heavy atom. The summed E-state index contributed by atoms with van der Waals surface area (Å²) in [7, 11) is 0. The molecule has 6 nitrogen and oxygen atoms in total. The highest BCUT2D eigenvalue weighted by molar-refractivity contribution is 5.99. The van der Waals surface area contributed by atoms with Gasteiger partial charge in [0.15, 0.2) is 5.78 Å². The molecule has 0 amide bonds. The second-order valence-corrected chi connectivity index (χ2v) is 5.71. The van der Waals surface area contributed by atoms with Gasteiger partial charge in [0.25, 0.3) is 0 Å². The monoisotopic (exact) mass is 349 g/mol. The van der Waals surface area contributed by atoms with Crippen LogP contribution >= 0.6 is 0 Å². The molecule has 6 heteroatoms. The first-order valence-corrected chi connectivity index (χ1v) is 8.67. The fourth-order valence-electron chi connectivity index (χ4n) is 2.19. The van der Waals surface area contributed by atoms with Crippen LogP contribution in [0.25, 0.3) is 0 Å². The van der Waals surface area contributed by atoms with Crippen molar-refractivity contribution in [3.8, 4) is 0 Å². The second kappa shape index (κ2) is 11.4. The Hall–Kier alpha value is -2.21. The summed E-state index contributed by atoms with van der Waals surface area (Å²) in [6, 6.07) is 7.09. The van der Waals surface area contributed by atoms with E-state index >= 15 is 0 Å². The lowest BCUT2D eigenvalue weighted by Crippen LogP contribution is -2.48. The number of ether oxygens (including phenoxy) is 2. The van der Waals surface area contributed by atoms with Crippen LogP contribution in [-0.4, -0.2) is 43.0 Å². The van der Waals surface area contributed by atoms with Crippen LogP contribution < -0.4 is 5.32 Å². The van der Waals surface area contributed by atoms with Crippen LogP contribution in [0.3, 0.4) is 0 Å². The third-order valence-corrected chi connectivity index (χ3v) is 3.60. The van der Waals surface area contributed by atoms with Crippen LogP contribution in [0, 0.1) is 0 Å². The lowest BCUT2D eigenvalue weighted by atomic mass is 10.0. The van der Waals surface area contributed by atoms with Gasteiger partial charge in [-0.15, -0.1) is 0 Å². The number of rotatable bonds is 11. The number of hydrogen-bond donors (Lipinski definition) is 1. The van der Waals surface area contributed by atoms with Crippen molar-refractivity contribution in [3.05, 3.63) is 35.9 Å². The lowest BCUT2D eigenvalue weighted by molar-refractivity contribution is -0.148. The van der Waals surface area contributed by atoms with Crippen molar-refractivity contribution < 1.29 is 23.9 Å². The van der Waals surface area contributed by atoms with E-state index in [0.29, 0.717) is 12.2 Å². The van der Waals surface area contributed by atoms with Crippen molar-refractivity contribution in [2.24, 2.45) is 0 Å². The zero-order valence-corrected chi connectivity index (χ0v) is 15.1. The minimum absolute atomic E-state index is 0.0879. The number of esters is 2. The highest BCUT2D eigenvalue weighted by Gasteiger charge is 2.28. The third kappa shape index (κ3) is 7.47. The van der Waals surface area contributed by atoms with Crippen LogP contribution in [-0.2, 0) is 19.1 Å². The zero-order chi connectivity index (χ0) is 18.7. The Bertz CT molecular complexity index is 558. The molecule has 25 heavy (non-hydrogen) atoms. The van der Waals surface area contributed by atoms with E-state index < -0.39 is 24.0 Å². The van der Waals surface area contributed by atoms with Gasteiger partial charge in [-0.3, -0.25) is 19.7 Å². The average molecular weight is 349 g/mol. The molecule has 0 aliphatic rings. The maximum absolute atomic E-state index is 12.4. The summed E-state index contributed by atoms with van der Waals surface area (Å²) in [5.74, 6) is -1.20. The van der Waals surface area contributed by atoms with E-state index in [0.717, 1.165) is 12.8 Å². The number of Topliss-reactive ketones (excluding diaryl/α,β-unsaturated/α-hetero) is 1. The Labute approximate surface area is 148 Å². The molecule has 1 aromatic rings. The molecule has 0 unspecified atom stereocenters. The van der Waals surface area contributed by atoms with Gasteiger partial charge in [0, 0.05) is 12.0 Å². The Morgan fingerprint density at radius 1 is 1.04 bits per heavy atom. The quantitative estimate of drug-likeness (QED) is 0.375. The first-order valence-electron chi connectivity index (χ1n) is 8.67. The fourth-order valence-corrected chi connectivity index (χ4v) is 2.19. The van der Waals surface area contributed by atoms with Crippen LogP contribution in [0.4, 0.5) is 0 Å². The molecule has 0 saturated carbocycles. The van der Waals surface area contributed by atoms with Gasteiger partial charge in [0.05, 0.1) is 13.2 Å². The molecule has 0 aliphatic carbocycles. The summed E-state index contributed by atoms with van der Waals surface area (Å²) < 4.78 is 10.2. The predicted molar refractivity (Wildman–Crippen MR) is 94.3 cm³/mol. The molecule has 0 heterocycles. The second-order valence-electron chi connectivity index (χ2n) is 5.71. The Kier molecular flexibility index (Phi) is 9.47. The summed E-state index contributed by atoms with van der Waals surface area (Å²) in [6.07, 6.45) is 1.62. The van der Waals surface area contributed by atoms with Gasteiger partial charge in [-0.1, -0.05) is 43.7 Å². The maximum Gasteiger partial charge on any atom is 0.323 e. The summed E-state index contributed by atoms with van der Waals surface area (Å²) >= 11 is 0. The van der Waals surface area contributed by atoms with Crippen LogP contribution in [0.5, 0.6) is 0 Å². The molecule has 1 rings (SSSR count). The van der Waals surface area contributed by atoms with Gasteiger partial charge in [-0.05, 0) is 20.3 Å². The lowest BCUT2D eigenvalue weighted by Gasteiger charge is -2.20. The van der Waals surface area contributed by atoms with E-state index in [1.54, 1.807) is 38.1 Å². The third-order valence-electron chi connectivity index (χ3n) is 3.60. The highest BCUT2D eigenvalue weighted by Crippen LogP contribution is 2.08. The average Bonchev–Trinajstić information content (AvgIpc) is 2.62. The van der Waals surface area contributed by atoms with Gasteiger partial charge in [0.1, 0.15) is 12.1 Å². The molecule has 0 saturated heterocycles. The summed E-state index contributed by atoms with van der Waals surface area (Å²) in [6.45, 7) is 5.84. The topological polar surface area (TPSA) is 81.7 Å². The van der Waals surface area contributed by atoms with Crippen LogP contribution in [0.15, 0.2) is 30.3 Å². The number of carbonyl (C=O) groups is 3. The van der Waals surface area contributed by atoms with E-state index in [4.69, 9.17) is 9.47 Å².